The van der Waals surface area contributed by atoms with Crippen molar-refractivity contribution in [3.63, 3.8) is 0 Å². The zero-order valence-corrected chi connectivity index (χ0v) is 10.5. The number of halogens is 2. The third kappa shape index (κ3) is 5.53. The Kier molecular flexibility index (Phi) is 5.94. The van der Waals surface area contributed by atoms with Gasteiger partial charge >= 0.3 is 12.4 Å². The quantitative estimate of drug-likeness (QED) is 0.363. The highest BCUT2D eigenvalue weighted by molar-refractivity contribution is 7.63. The average molecular weight is 268 g/mol. The van der Waals surface area contributed by atoms with Crippen LogP contribution in [-0.2, 0) is 17.4 Å². The van der Waals surface area contributed by atoms with E-state index in [-0.39, 0.29) is 12.2 Å². The van der Waals surface area contributed by atoms with Gasteiger partial charge in [-0.1, -0.05) is 0 Å². The van der Waals surface area contributed by atoms with Crippen LogP contribution in [0.3, 0.4) is 0 Å². The minimum absolute atomic E-state index is 0.0954. The predicted molar refractivity (Wildman–Crippen MR) is 65.3 cm³/mol. The van der Waals surface area contributed by atoms with Crippen LogP contribution < -0.4 is 11.2 Å². The van der Waals surface area contributed by atoms with Gasteiger partial charge in [0, 0.05) is 6.21 Å². The average Bonchev–Trinajstić information content (AvgIpc) is 2.22. The summed E-state index contributed by atoms with van der Waals surface area (Å²) in [6, 6.07) is 0. The molecule has 0 aliphatic rings. The van der Waals surface area contributed by atoms with Crippen LogP contribution in [0.2, 0.25) is 0 Å². The Bertz CT molecular complexity index is 343. The highest BCUT2D eigenvalue weighted by Gasteiger charge is 2.24. The molecular formula is C9H16F2N3O2S+. The van der Waals surface area contributed by atoms with Gasteiger partial charge < -0.3 is 16.3 Å². The second-order valence-corrected chi connectivity index (χ2v) is 4.40. The second kappa shape index (κ2) is 6.43. The monoisotopic (exact) mass is 268 g/mol. The fraction of sp³-hybridized carbons (Fsp3) is 0.556. The molecule has 0 spiro atoms. The molecule has 8 heteroatoms. The number of aliphatic carboxylic acids is 1. The molecule has 0 aromatic heterocycles. The van der Waals surface area contributed by atoms with Gasteiger partial charge in [0.15, 0.2) is 0 Å². The maximum atomic E-state index is 12.2. The van der Waals surface area contributed by atoms with Gasteiger partial charge in [-0.15, -0.1) is 0 Å². The van der Waals surface area contributed by atoms with E-state index in [0.29, 0.717) is 0 Å². The number of carbonyl (C=O) groups is 1. The summed E-state index contributed by atoms with van der Waals surface area (Å²) < 4.78 is 24.3. The molecule has 0 unspecified atom stereocenters. The van der Waals surface area contributed by atoms with Crippen LogP contribution >= 0.6 is 0 Å². The molecule has 0 amide bonds. The summed E-state index contributed by atoms with van der Waals surface area (Å²) in [7, 11) is 0. The highest BCUT2D eigenvalue weighted by Crippen LogP contribution is 2.11. The van der Waals surface area contributed by atoms with E-state index in [1.54, 1.807) is 0 Å². The van der Waals surface area contributed by atoms with Gasteiger partial charge in [-0.2, -0.15) is 13.9 Å². The lowest BCUT2D eigenvalue weighted by Gasteiger charge is -2.12. The van der Waals surface area contributed by atoms with Crippen molar-refractivity contribution in [1.82, 2.24) is 5.43 Å². The third-order valence-electron chi connectivity index (χ3n) is 1.86. The van der Waals surface area contributed by atoms with Crippen molar-refractivity contribution in [2.24, 2.45) is 16.3 Å². The Morgan fingerprint density at radius 1 is 1.65 bits per heavy atom. The SMILES string of the molecule is CC(C)(/C=N\NC/C(N)=C(/[SH2+])C(F)F)C(=O)O. The van der Waals surface area contributed by atoms with Crippen LogP contribution in [0.15, 0.2) is 15.7 Å². The molecular weight excluding hydrogens is 252 g/mol. The Labute approximate surface area is 103 Å². The number of rotatable bonds is 6. The summed E-state index contributed by atoms with van der Waals surface area (Å²) in [6.07, 6.45) is -1.52. The Hall–Kier alpha value is -1.31. The van der Waals surface area contributed by atoms with Gasteiger partial charge in [0.05, 0.1) is 17.7 Å². The number of hydrazone groups is 1. The van der Waals surface area contributed by atoms with Gasteiger partial charge in [0.2, 0.25) is 4.91 Å². The molecule has 5 nitrogen and oxygen atoms in total. The third-order valence-corrected chi connectivity index (χ3v) is 2.40. The van der Waals surface area contributed by atoms with E-state index >= 15 is 0 Å². The first-order valence-corrected chi connectivity index (χ1v) is 5.17. The van der Waals surface area contributed by atoms with Gasteiger partial charge in [-0.05, 0) is 26.5 Å². The first-order valence-electron chi connectivity index (χ1n) is 4.67. The Morgan fingerprint density at radius 2 is 2.18 bits per heavy atom. The first kappa shape index (κ1) is 15.7. The number of alkyl halides is 2. The lowest BCUT2D eigenvalue weighted by molar-refractivity contribution is -0.143. The van der Waals surface area contributed by atoms with Crippen LogP contribution in [0, 0.1) is 5.41 Å². The van der Waals surface area contributed by atoms with E-state index in [9.17, 15) is 13.6 Å². The van der Waals surface area contributed by atoms with Gasteiger partial charge in [0.25, 0.3) is 0 Å². The Morgan fingerprint density at radius 3 is 2.59 bits per heavy atom. The van der Waals surface area contributed by atoms with Gasteiger partial charge in [-0.3, -0.25) is 4.79 Å². The molecule has 0 saturated carbocycles. The Balaban J connectivity index is 4.31. The predicted octanol–water partition coefficient (Wildman–Crippen LogP) is 0.120. The standard InChI is InChI=1S/C9H15F2N3O2S/c1-9(2,8(15)16)4-14-13-3-5(12)6(17)7(10)11/h4,7,13,17H,3,12H2,1-2H3,(H,15,16)/p+1/b6-5-,14-4-. The molecule has 17 heavy (non-hydrogen) atoms. The van der Waals surface area contributed by atoms with Crippen LogP contribution in [-0.4, -0.2) is 30.3 Å². The van der Waals surface area contributed by atoms with E-state index in [0.717, 1.165) is 0 Å². The van der Waals surface area contributed by atoms with Crippen LogP contribution in [0.25, 0.3) is 0 Å². The molecule has 0 aromatic rings. The number of nitrogens with one attached hydrogen (secondary N) is 1. The topological polar surface area (TPSA) is 87.7 Å². The van der Waals surface area contributed by atoms with Crippen LogP contribution in [0.4, 0.5) is 8.78 Å². The first-order chi connectivity index (χ1) is 7.68. The largest absolute Gasteiger partial charge is 0.481 e. The summed E-state index contributed by atoms with van der Waals surface area (Å²) in [5.74, 6) is -1.04. The van der Waals surface area contributed by atoms with Gasteiger partial charge in [-0.25, -0.2) is 0 Å². The van der Waals surface area contributed by atoms with Crippen molar-refractivity contribution in [1.29, 1.82) is 0 Å². The van der Waals surface area contributed by atoms with E-state index in [1.807, 2.05) is 0 Å². The zero-order chi connectivity index (χ0) is 13.6. The summed E-state index contributed by atoms with van der Waals surface area (Å²) in [5.41, 5.74) is 6.49. The van der Waals surface area contributed by atoms with Crippen molar-refractivity contribution in [3.05, 3.63) is 10.6 Å². The molecule has 0 aromatic carbocycles. The van der Waals surface area contributed by atoms with E-state index < -0.39 is 22.7 Å². The molecule has 0 atom stereocenters. The molecule has 0 heterocycles. The van der Waals surface area contributed by atoms with E-state index in [1.165, 1.54) is 20.1 Å². The smallest absolute Gasteiger partial charge is 0.314 e. The molecule has 98 valence electrons. The summed E-state index contributed by atoms with van der Waals surface area (Å²) in [6.45, 7) is 2.80. The maximum Gasteiger partial charge on any atom is 0.314 e. The summed E-state index contributed by atoms with van der Waals surface area (Å²) in [5, 5.41) is 12.4. The minimum Gasteiger partial charge on any atom is -0.481 e. The normalized spacial score (nSPS) is 14.0. The fourth-order valence-electron chi connectivity index (χ4n) is 0.628. The van der Waals surface area contributed by atoms with Crippen molar-refractivity contribution in [2.45, 2.75) is 20.3 Å². The van der Waals surface area contributed by atoms with Crippen molar-refractivity contribution >= 4 is 24.8 Å². The molecule has 0 saturated heterocycles. The molecule has 0 aliphatic heterocycles. The number of nitrogens with zero attached hydrogens (tertiary/aromatic N) is 1. The summed E-state index contributed by atoms with van der Waals surface area (Å²) in [4.78, 5) is 10.3. The van der Waals surface area contributed by atoms with Crippen LogP contribution in [0.5, 0.6) is 0 Å². The maximum absolute atomic E-state index is 12.2. The zero-order valence-electron chi connectivity index (χ0n) is 9.50. The number of allylic oxidation sites excluding steroid dienone is 1. The van der Waals surface area contributed by atoms with Crippen molar-refractivity contribution in [3.8, 4) is 0 Å². The minimum atomic E-state index is -2.69. The molecule has 0 rings (SSSR count). The lowest BCUT2D eigenvalue weighted by Crippen LogP contribution is -2.27. The lowest BCUT2D eigenvalue weighted by atomic mass is 9.96. The number of hydrogen-bond donors (Lipinski definition) is 3. The molecule has 0 radical (unpaired) electrons. The van der Waals surface area contributed by atoms with Crippen molar-refractivity contribution in [2.75, 3.05) is 6.54 Å². The van der Waals surface area contributed by atoms with Crippen LogP contribution in [0.1, 0.15) is 13.8 Å². The molecule has 4 N–H and O–H groups in total. The second-order valence-electron chi connectivity index (χ2n) is 3.86. The highest BCUT2D eigenvalue weighted by atomic mass is 32.1. The molecule has 0 fully saturated rings. The summed E-state index contributed by atoms with van der Waals surface area (Å²) >= 11 is 2.69. The van der Waals surface area contributed by atoms with Crippen molar-refractivity contribution < 1.29 is 18.7 Å². The number of hydrogen-bond acceptors (Lipinski definition) is 4. The number of carboxylic acid groups (broad SMARTS) is 1. The van der Waals surface area contributed by atoms with E-state index in [2.05, 4.69) is 23.2 Å². The van der Waals surface area contributed by atoms with Gasteiger partial charge in [0.1, 0.15) is 0 Å². The molecule has 0 aliphatic carbocycles. The fourth-order valence-corrected chi connectivity index (χ4v) is 0.717. The van der Waals surface area contributed by atoms with E-state index in [4.69, 9.17) is 10.8 Å². The number of carboxylic acids is 1. The molecule has 0 bridgehead atoms. The number of nitrogens with two attached hydrogens (primary N) is 1.